The second kappa shape index (κ2) is 8.61. The molecular weight excluding hydrogens is 323 g/mol. The first-order chi connectivity index (χ1) is 10.6. The smallest absolute Gasteiger partial charge is 0.317 e. The van der Waals surface area contributed by atoms with Gasteiger partial charge in [-0.2, -0.15) is 0 Å². The van der Waals surface area contributed by atoms with Crippen LogP contribution in [-0.2, 0) is 11.3 Å². The van der Waals surface area contributed by atoms with E-state index in [0.717, 1.165) is 37.8 Å². The maximum atomic E-state index is 12.4. The molecule has 1 atom stereocenters. The molecule has 1 aliphatic heterocycles. The normalized spacial score (nSPS) is 18.3. The van der Waals surface area contributed by atoms with E-state index in [4.69, 9.17) is 27.9 Å². The molecule has 1 fully saturated rings. The second-order valence-corrected chi connectivity index (χ2v) is 6.28. The molecule has 4 nitrogen and oxygen atoms in total. The summed E-state index contributed by atoms with van der Waals surface area (Å²) in [7, 11) is 1.69. The Bertz CT molecular complexity index is 511. The number of carbonyl (C=O) groups is 1. The van der Waals surface area contributed by atoms with Crippen LogP contribution in [0, 0.1) is 0 Å². The van der Waals surface area contributed by atoms with Crippen LogP contribution in [0.5, 0.6) is 0 Å². The molecule has 1 saturated heterocycles. The van der Waals surface area contributed by atoms with E-state index in [2.05, 4.69) is 5.32 Å². The summed E-state index contributed by atoms with van der Waals surface area (Å²) in [6, 6.07) is 5.64. The Kier molecular flexibility index (Phi) is 6.80. The fraction of sp³-hybridized carbons (Fsp3) is 0.562. The molecule has 0 radical (unpaired) electrons. The van der Waals surface area contributed by atoms with Gasteiger partial charge in [-0.05, 0) is 37.3 Å². The standard InChI is InChI=1S/C16H22Cl2N2O2/c1-22-10-8-13-6-2-3-9-20(13)16(21)19-11-12-5-4-7-14(17)15(12)18/h4-5,7,13H,2-3,6,8-11H2,1H3,(H,19,21). The highest BCUT2D eigenvalue weighted by Crippen LogP contribution is 2.25. The number of nitrogens with zero attached hydrogens (tertiary/aromatic N) is 1. The molecule has 2 amide bonds. The van der Waals surface area contributed by atoms with Crippen molar-refractivity contribution in [2.45, 2.75) is 38.3 Å². The highest BCUT2D eigenvalue weighted by atomic mass is 35.5. The Hall–Kier alpha value is -0.970. The van der Waals surface area contributed by atoms with Crippen LogP contribution in [0.4, 0.5) is 4.79 Å². The summed E-state index contributed by atoms with van der Waals surface area (Å²) in [4.78, 5) is 14.4. The monoisotopic (exact) mass is 344 g/mol. The molecule has 1 aromatic rings. The van der Waals surface area contributed by atoms with Crippen LogP contribution < -0.4 is 5.32 Å². The number of hydrogen-bond acceptors (Lipinski definition) is 2. The number of halogens is 2. The van der Waals surface area contributed by atoms with Crippen molar-refractivity contribution in [3.63, 3.8) is 0 Å². The Morgan fingerprint density at radius 3 is 3.00 bits per heavy atom. The summed E-state index contributed by atoms with van der Waals surface area (Å²) >= 11 is 12.1. The number of piperidine rings is 1. The van der Waals surface area contributed by atoms with Crippen LogP contribution in [0.3, 0.4) is 0 Å². The minimum Gasteiger partial charge on any atom is -0.385 e. The van der Waals surface area contributed by atoms with Gasteiger partial charge in [-0.25, -0.2) is 4.79 Å². The van der Waals surface area contributed by atoms with Gasteiger partial charge in [-0.3, -0.25) is 0 Å². The molecule has 0 saturated carbocycles. The number of urea groups is 1. The van der Waals surface area contributed by atoms with Crippen LogP contribution in [0.1, 0.15) is 31.2 Å². The Labute approximate surface area is 141 Å². The number of carbonyl (C=O) groups excluding carboxylic acids is 1. The van der Waals surface area contributed by atoms with Gasteiger partial charge in [0.1, 0.15) is 0 Å². The quantitative estimate of drug-likeness (QED) is 0.873. The van der Waals surface area contributed by atoms with Crippen molar-refractivity contribution in [2.24, 2.45) is 0 Å². The van der Waals surface area contributed by atoms with Gasteiger partial charge in [0.2, 0.25) is 0 Å². The Morgan fingerprint density at radius 2 is 2.23 bits per heavy atom. The van der Waals surface area contributed by atoms with Gasteiger partial charge in [0.05, 0.1) is 10.0 Å². The molecule has 0 bridgehead atoms. The molecular formula is C16H22Cl2N2O2. The Morgan fingerprint density at radius 1 is 1.41 bits per heavy atom. The third-order valence-corrected chi connectivity index (χ3v) is 4.86. The molecule has 0 aliphatic carbocycles. The van der Waals surface area contributed by atoms with E-state index in [1.807, 2.05) is 17.0 Å². The first kappa shape index (κ1) is 17.4. The predicted octanol–water partition coefficient (Wildman–Crippen LogP) is 4.09. The van der Waals surface area contributed by atoms with E-state index in [9.17, 15) is 4.79 Å². The SMILES string of the molecule is COCCC1CCCCN1C(=O)NCc1cccc(Cl)c1Cl. The molecule has 1 heterocycles. The zero-order valence-electron chi connectivity index (χ0n) is 12.8. The lowest BCUT2D eigenvalue weighted by Gasteiger charge is -2.35. The summed E-state index contributed by atoms with van der Waals surface area (Å²) in [6.45, 7) is 1.85. The van der Waals surface area contributed by atoms with Gasteiger partial charge in [-0.15, -0.1) is 0 Å². The molecule has 1 aliphatic rings. The summed E-state index contributed by atoms with van der Waals surface area (Å²) < 4.78 is 5.14. The first-order valence-electron chi connectivity index (χ1n) is 7.59. The topological polar surface area (TPSA) is 41.6 Å². The first-order valence-corrected chi connectivity index (χ1v) is 8.35. The van der Waals surface area contributed by atoms with Crippen molar-refractivity contribution in [1.29, 1.82) is 0 Å². The van der Waals surface area contributed by atoms with E-state index in [-0.39, 0.29) is 12.1 Å². The van der Waals surface area contributed by atoms with Gasteiger partial charge in [-0.1, -0.05) is 35.3 Å². The van der Waals surface area contributed by atoms with Crippen molar-refractivity contribution in [3.8, 4) is 0 Å². The lowest BCUT2D eigenvalue weighted by molar-refractivity contribution is 0.116. The lowest BCUT2D eigenvalue weighted by atomic mass is 10.00. The number of methoxy groups -OCH3 is 1. The summed E-state index contributed by atoms with van der Waals surface area (Å²) in [5, 5.41) is 3.95. The van der Waals surface area contributed by atoms with Crippen molar-refractivity contribution in [2.75, 3.05) is 20.3 Å². The molecule has 0 spiro atoms. The van der Waals surface area contributed by atoms with Crippen molar-refractivity contribution >= 4 is 29.2 Å². The minimum absolute atomic E-state index is 0.0446. The second-order valence-electron chi connectivity index (χ2n) is 5.50. The molecule has 2 rings (SSSR count). The van der Waals surface area contributed by atoms with E-state index in [1.54, 1.807) is 13.2 Å². The molecule has 1 N–H and O–H groups in total. The predicted molar refractivity (Wildman–Crippen MR) is 89.5 cm³/mol. The maximum Gasteiger partial charge on any atom is 0.317 e. The third-order valence-electron chi connectivity index (χ3n) is 4.00. The number of hydrogen-bond donors (Lipinski definition) is 1. The van der Waals surface area contributed by atoms with Crippen LogP contribution >= 0.6 is 23.2 Å². The molecule has 0 aromatic heterocycles. The molecule has 1 aromatic carbocycles. The number of rotatable bonds is 5. The lowest BCUT2D eigenvalue weighted by Crippen LogP contribution is -2.48. The largest absolute Gasteiger partial charge is 0.385 e. The van der Waals surface area contributed by atoms with Gasteiger partial charge in [0, 0.05) is 32.8 Å². The molecule has 1 unspecified atom stereocenters. The fourth-order valence-electron chi connectivity index (χ4n) is 2.78. The van der Waals surface area contributed by atoms with Gasteiger partial charge < -0.3 is 15.0 Å². The minimum atomic E-state index is -0.0446. The van der Waals surface area contributed by atoms with Crippen LogP contribution in [-0.4, -0.2) is 37.2 Å². The fourth-order valence-corrected chi connectivity index (χ4v) is 3.17. The van der Waals surface area contributed by atoms with E-state index < -0.39 is 0 Å². The average Bonchev–Trinajstić information content (AvgIpc) is 2.54. The number of amides is 2. The van der Waals surface area contributed by atoms with Gasteiger partial charge >= 0.3 is 6.03 Å². The van der Waals surface area contributed by atoms with E-state index >= 15 is 0 Å². The van der Waals surface area contributed by atoms with Crippen LogP contribution in [0.2, 0.25) is 10.0 Å². The maximum absolute atomic E-state index is 12.4. The van der Waals surface area contributed by atoms with Crippen molar-refractivity contribution in [3.05, 3.63) is 33.8 Å². The average molecular weight is 345 g/mol. The number of ether oxygens (including phenoxy) is 1. The molecule has 122 valence electrons. The van der Waals surface area contributed by atoms with Gasteiger partial charge in [0.25, 0.3) is 0 Å². The molecule has 6 heteroatoms. The highest BCUT2D eigenvalue weighted by molar-refractivity contribution is 6.42. The molecule has 22 heavy (non-hydrogen) atoms. The number of nitrogens with one attached hydrogen (secondary N) is 1. The van der Waals surface area contributed by atoms with E-state index in [0.29, 0.717) is 23.2 Å². The zero-order valence-corrected chi connectivity index (χ0v) is 14.3. The summed E-state index contributed by atoms with van der Waals surface area (Å²) in [5.41, 5.74) is 0.827. The Balaban J connectivity index is 1.93. The highest BCUT2D eigenvalue weighted by Gasteiger charge is 2.26. The van der Waals surface area contributed by atoms with Gasteiger partial charge in [0.15, 0.2) is 0 Å². The van der Waals surface area contributed by atoms with E-state index in [1.165, 1.54) is 0 Å². The number of benzene rings is 1. The summed E-state index contributed by atoms with van der Waals surface area (Å²) in [5.74, 6) is 0. The van der Waals surface area contributed by atoms with Crippen LogP contribution in [0.25, 0.3) is 0 Å². The summed E-state index contributed by atoms with van der Waals surface area (Å²) in [6.07, 6.45) is 4.13. The number of likely N-dealkylation sites (tertiary alicyclic amines) is 1. The van der Waals surface area contributed by atoms with Crippen molar-refractivity contribution in [1.82, 2.24) is 10.2 Å². The van der Waals surface area contributed by atoms with Crippen LogP contribution in [0.15, 0.2) is 18.2 Å². The zero-order chi connectivity index (χ0) is 15.9. The third kappa shape index (κ3) is 4.51. The van der Waals surface area contributed by atoms with Crippen molar-refractivity contribution < 1.29 is 9.53 Å².